The molecule has 0 aliphatic heterocycles. The average molecular weight is 247 g/mol. The summed E-state index contributed by atoms with van der Waals surface area (Å²) in [4.78, 5) is 0. The first-order valence-electron chi connectivity index (χ1n) is 7.20. The summed E-state index contributed by atoms with van der Waals surface area (Å²) >= 11 is 0. The third-order valence-corrected chi connectivity index (χ3v) is 3.61. The lowest BCUT2D eigenvalue weighted by Gasteiger charge is -2.29. The molecule has 0 bridgehead atoms. The highest BCUT2D eigenvalue weighted by Crippen LogP contribution is 2.19. The van der Waals surface area contributed by atoms with Gasteiger partial charge in [-0.05, 0) is 50.7 Å². The molecular weight excluding hydrogens is 218 g/mol. The Hall–Kier alpha value is -0.820. The van der Waals surface area contributed by atoms with Gasteiger partial charge in [-0.2, -0.15) is 0 Å². The fourth-order valence-electron chi connectivity index (χ4n) is 2.19. The van der Waals surface area contributed by atoms with Crippen molar-refractivity contribution in [2.75, 3.05) is 0 Å². The van der Waals surface area contributed by atoms with E-state index in [1.807, 2.05) is 0 Å². The van der Waals surface area contributed by atoms with Crippen LogP contribution in [0.3, 0.4) is 0 Å². The second-order valence-corrected chi connectivity index (χ2v) is 6.44. The zero-order valence-electron chi connectivity index (χ0n) is 12.9. The summed E-state index contributed by atoms with van der Waals surface area (Å²) in [6.07, 6.45) is 2.31. The van der Waals surface area contributed by atoms with Gasteiger partial charge in [0.1, 0.15) is 0 Å². The van der Waals surface area contributed by atoms with Gasteiger partial charge in [-0.1, -0.05) is 45.0 Å². The van der Waals surface area contributed by atoms with Crippen LogP contribution in [0.15, 0.2) is 24.3 Å². The Morgan fingerprint density at radius 2 is 1.61 bits per heavy atom. The van der Waals surface area contributed by atoms with Crippen molar-refractivity contribution in [3.63, 3.8) is 0 Å². The highest BCUT2D eigenvalue weighted by atomic mass is 15.0. The van der Waals surface area contributed by atoms with Crippen LogP contribution in [0.4, 0.5) is 0 Å². The molecule has 18 heavy (non-hydrogen) atoms. The zero-order chi connectivity index (χ0) is 13.8. The number of nitrogens with one attached hydrogen (secondary N) is 1. The van der Waals surface area contributed by atoms with Crippen LogP contribution in [0.2, 0.25) is 0 Å². The summed E-state index contributed by atoms with van der Waals surface area (Å²) in [5.41, 5.74) is 3.02. The third-order valence-electron chi connectivity index (χ3n) is 3.61. The Labute approximate surface area is 113 Å². The van der Waals surface area contributed by atoms with Gasteiger partial charge in [0.2, 0.25) is 0 Å². The molecular formula is C17H29N. The monoisotopic (exact) mass is 247 g/mol. The molecule has 102 valence electrons. The molecule has 0 spiro atoms. The molecule has 0 heterocycles. The van der Waals surface area contributed by atoms with Crippen LogP contribution in [0, 0.1) is 5.92 Å². The van der Waals surface area contributed by atoms with Crippen LogP contribution >= 0.6 is 0 Å². The van der Waals surface area contributed by atoms with Gasteiger partial charge in [-0.25, -0.2) is 0 Å². The fourth-order valence-corrected chi connectivity index (χ4v) is 2.19. The van der Waals surface area contributed by atoms with Crippen molar-refractivity contribution in [3.05, 3.63) is 35.4 Å². The van der Waals surface area contributed by atoms with Crippen LogP contribution in [-0.4, -0.2) is 5.54 Å². The largest absolute Gasteiger partial charge is 0.305 e. The Bertz CT molecular complexity index is 348. The van der Waals surface area contributed by atoms with E-state index in [1.165, 1.54) is 17.5 Å². The van der Waals surface area contributed by atoms with Crippen LogP contribution in [0.5, 0.6) is 0 Å². The van der Waals surface area contributed by atoms with Gasteiger partial charge < -0.3 is 5.32 Å². The highest BCUT2D eigenvalue weighted by molar-refractivity contribution is 5.25. The minimum atomic E-state index is 0.204. The standard InChI is InChI=1S/C17H29N/c1-7-17(5,6)18-14(4)16-10-8-15(9-11-16)12-13(2)3/h8-11,13-14,18H,7,12H2,1-6H3. The molecule has 1 unspecified atom stereocenters. The van der Waals surface area contributed by atoms with E-state index in [2.05, 4.69) is 71.1 Å². The van der Waals surface area contributed by atoms with Gasteiger partial charge >= 0.3 is 0 Å². The molecule has 0 aliphatic rings. The van der Waals surface area contributed by atoms with E-state index in [9.17, 15) is 0 Å². The molecule has 1 nitrogen and oxygen atoms in total. The maximum atomic E-state index is 3.68. The van der Waals surface area contributed by atoms with E-state index < -0.39 is 0 Å². The van der Waals surface area contributed by atoms with E-state index in [0.717, 1.165) is 12.3 Å². The van der Waals surface area contributed by atoms with Gasteiger partial charge in [0.05, 0.1) is 0 Å². The van der Waals surface area contributed by atoms with E-state index >= 15 is 0 Å². The van der Waals surface area contributed by atoms with E-state index in [0.29, 0.717) is 6.04 Å². The summed E-state index contributed by atoms with van der Waals surface area (Å²) in [5.74, 6) is 0.727. The van der Waals surface area contributed by atoms with Crippen LogP contribution < -0.4 is 5.32 Å². The Balaban J connectivity index is 2.67. The lowest BCUT2D eigenvalue weighted by Crippen LogP contribution is -2.40. The maximum absolute atomic E-state index is 3.68. The lowest BCUT2D eigenvalue weighted by atomic mass is 9.96. The molecule has 1 atom stereocenters. The van der Waals surface area contributed by atoms with Crippen molar-refractivity contribution < 1.29 is 0 Å². The molecule has 0 radical (unpaired) electrons. The van der Waals surface area contributed by atoms with Gasteiger partial charge in [0, 0.05) is 11.6 Å². The second kappa shape index (κ2) is 6.38. The highest BCUT2D eigenvalue weighted by Gasteiger charge is 2.18. The quantitative estimate of drug-likeness (QED) is 0.766. The van der Waals surface area contributed by atoms with E-state index in [1.54, 1.807) is 0 Å². The molecule has 1 rings (SSSR count). The van der Waals surface area contributed by atoms with Gasteiger partial charge in [-0.3, -0.25) is 0 Å². The van der Waals surface area contributed by atoms with Crippen LogP contribution in [0.25, 0.3) is 0 Å². The molecule has 1 N–H and O–H groups in total. The predicted molar refractivity (Wildman–Crippen MR) is 80.9 cm³/mol. The van der Waals surface area contributed by atoms with Crippen molar-refractivity contribution in [1.29, 1.82) is 0 Å². The van der Waals surface area contributed by atoms with Crippen LogP contribution in [0.1, 0.15) is 65.1 Å². The van der Waals surface area contributed by atoms with Crippen molar-refractivity contribution >= 4 is 0 Å². The molecule has 0 amide bonds. The number of rotatable bonds is 6. The summed E-state index contributed by atoms with van der Waals surface area (Å²) in [6.45, 7) is 13.5. The molecule has 1 heteroatoms. The van der Waals surface area contributed by atoms with Gasteiger partial charge in [0.25, 0.3) is 0 Å². The predicted octanol–water partition coefficient (Wildman–Crippen LogP) is 4.72. The minimum absolute atomic E-state index is 0.204. The first-order valence-corrected chi connectivity index (χ1v) is 7.20. The van der Waals surface area contributed by atoms with Crippen LogP contribution in [-0.2, 0) is 6.42 Å². The molecule has 0 aliphatic carbocycles. The van der Waals surface area contributed by atoms with E-state index in [4.69, 9.17) is 0 Å². The smallest absolute Gasteiger partial charge is 0.0296 e. The molecule has 1 aromatic carbocycles. The third kappa shape index (κ3) is 4.81. The zero-order valence-corrected chi connectivity index (χ0v) is 12.9. The summed E-state index contributed by atoms with van der Waals surface area (Å²) in [7, 11) is 0. The van der Waals surface area contributed by atoms with Crippen molar-refractivity contribution in [2.45, 2.75) is 66.0 Å². The number of benzene rings is 1. The normalized spacial score (nSPS) is 13.9. The van der Waals surface area contributed by atoms with Crippen molar-refractivity contribution in [1.82, 2.24) is 5.32 Å². The maximum Gasteiger partial charge on any atom is 0.0296 e. The average Bonchev–Trinajstić information content (AvgIpc) is 2.28. The Morgan fingerprint density at radius 3 is 2.06 bits per heavy atom. The fraction of sp³-hybridized carbons (Fsp3) is 0.647. The van der Waals surface area contributed by atoms with Crippen molar-refractivity contribution in [2.24, 2.45) is 5.92 Å². The topological polar surface area (TPSA) is 12.0 Å². The number of hydrogen-bond acceptors (Lipinski definition) is 1. The molecule has 0 aromatic heterocycles. The second-order valence-electron chi connectivity index (χ2n) is 6.44. The molecule has 0 saturated heterocycles. The first-order chi connectivity index (χ1) is 8.34. The number of hydrogen-bond donors (Lipinski definition) is 1. The SMILES string of the molecule is CCC(C)(C)NC(C)c1ccc(CC(C)C)cc1. The lowest BCUT2D eigenvalue weighted by molar-refractivity contribution is 0.337. The summed E-state index contributed by atoms with van der Waals surface area (Å²) < 4.78 is 0. The van der Waals surface area contributed by atoms with Gasteiger partial charge in [0.15, 0.2) is 0 Å². The van der Waals surface area contributed by atoms with Gasteiger partial charge in [-0.15, -0.1) is 0 Å². The first kappa shape index (κ1) is 15.2. The Kier molecular flexibility index (Phi) is 5.40. The minimum Gasteiger partial charge on any atom is -0.305 e. The molecule has 1 aromatic rings. The van der Waals surface area contributed by atoms with Crippen molar-refractivity contribution in [3.8, 4) is 0 Å². The molecule has 0 saturated carbocycles. The summed E-state index contributed by atoms with van der Waals surface area (Å²) in [5, 5.41) is 3.68. The Morgan fingerprint density at radius 1 is 1.06 bits per heavy atom. The van der Waals surface area contributed by atoms with E-state index in [-0.39, 0.29) is 5.54 Å². The summed E-state index contributed by atoms with van der Waals surface area (Å²) in [6, 6.07) is 9.48. The molecule has 0 fully saturated rings.